The number of fused-ring (bicyclic) bond motifs is 3. The van der Waals surface area contributed by atoms with Gasteiger partial charge in [-0.05, 0) is 168 Å². The van der Waals surface area contributed by atoms with E-state index in [1.807, 2.05) is 26.8 Å². The van der Waals surface area contributed by atoms with Crippen LogP contribution in [0.5, 0.6) is 29.1 Å². The second-order valence-corrected chi connectivity index (χ2v) is 17.5. The van der Waals surface area contributed by atoms with Gasteiger partial charge in [0.1, 0.15) is 17.2 Å². The lowest BCUT2D eigenvalue weighted by Crippen LogP contribution is -2.11. The van der Waals surface area contributed by atoms with Crippen LogP contribution in [-0.4, -0.2) is 23.4 Å². The molecule has 2 heterocycles. The lowest BCUT2D eigenvalue weighted by Gasteiger charge is -2.20. The van der Waals surface area contributed by atoms with Gasteiger partial charge in [0.05, 0.1) is 7.11 Å². The van der Waals surface area contributed by atoms with Gasteiger partial charge in [-0.25, -0.2) is 4.79 Å². The van der Waals surface area contributed by atoms with Crippen molar-refractivity contribution < 1.29 is 37.7 Å². The van der Waals surface area contributed by atoms with Crippen molar-refractivity contribution in [1.82, 2.24) is 0 Å². The van der Waals surface area contributed by atoms with Gasteiger partial charge in [-0.2, -0.15) is 0 Å². The Morgan fingerprint density at radius 3 is 1.41 bits per heavy atom. The van der Waals surface area contributed by atoms with Gasteiger partial charge in [-0.1, -0.05) is 59.7 Å². The van der Waals surface area contributed by atoms with E-state index in [4.69, 9.17) is 29.9 Å². The van der Waals surface area contributed by atoms with E-state index in [0.29, 0.717) is 11.7 Å². The third-order valence-corrected chi connectivity index (χ3v) is 11.8. The van der Waals surface area contributed by atoms with Gasteiger partial charge < -0.3 is 28.2 Å². The van der Waals surface area contributed by atoms with Crippen LogP contribution in [0.15, 0.2) is 69.5 Å². The molecule has 0 radical (unpaired) electrons. The Balaban J connectivity index is 0.000000147. The number of phenolic OH excluding ortho intramolecular Hbond substituents is 1. The molecule has 0 spiro atoms. The summed E-state index contributed by atoms with van der Waals surface area (Å²) in [6, 6.07) is 18.9. The number of carbonyl (C=O) groups is 2. The number of halogens is 1. The van der Waals surface area contributed by atoms with E-state index in [1.54, 1.807) is 18.2 Å². The molecule has 0 bridgehead atoms. The van der Waals surface area contributed by atoms with Crippen molar-refractivity contribution in [3.05, 3.63) is 122 Å². The van der Waals surface area contributed by atoms with Crippen molar-refractivity contribution >= 4 is 22.8 Å². The number of aromatic hydroxyl groups is 1. The lowest BCUT2D eigenvalue weighted by molar-refractivity contribution is 0.0560. The first-order valence-electron chi connectivity index (χ1n) is 19.2. The molecule has 0 saturated carbocycles. The monoisotopic (exact) mass is 780 g/mol. The number of furan rings is 2. The fraction of sp³-hybridized carbons (Fsp3) is 0.404. The molecule has 2 aromatic heterocycles. The summed E-state index contributed by atoms with van der Waals surface area (Å²) in [5, 5.41) is 8.99. The third kappa shape index (κ3) is 8.56. The fourth-order valence-electron chi connectivity index (χ4n) is 8.01. The molecule has 0 unspecified atom stereocenters. The van der Waals surface area contributed by atoms with Crippen molar-refractivity contribution in [1.29, 1.82) is 0 Å². The van der Waals surface area contributed by atoms with Crippen molar-refractivity contribution in [2.45, 2.75) is 117 Å². The molecule has 0 atom stereocenters. The maximum Gasteiger partial charge on any atom is 0.374 e. The van der Waals surface area contributed by atoms with Gasteiger partial charge in [0, 0.05) is 12.1 Å². The number of methoxy groups -OCH3 is 1. The van der Waals surface area contributed by atoms with Gasteiger partial charge in [-0.3, -0.25) is 4.79 Å². The Hall–Kier alpha value is -4.95. The Labute approximate surface area is 335 Å². The van der Waals surface area contributed by atoms with E-state index in [9.17, 15) is 14.7 Å². The smallest absolute Gasteiger partial charge is 0.374 e. The molecule has 0 amide bonds. The van der Waals surface area contributed by atoms with E-state index in [-0.39, 0.29) is 33.7 Å². The first-order chi connectivity index (χ1) is 26.3. The Bertz CT molecular complexity index is 2290. The van der Waals surface area contributed by atoms with Crippen LogP contribution in [0.25, 0.3) is 0 Å². The van der Waals surface area contributed by atoms with Crippen LogP contribution in [0.2, 0.25) is 0 Å². The SMILES string of the molecule is COC(=O)c1ccc(Oc2cc3c(cc2C)CCC3(C)C)o1.Cc1cc2c(cc1O)C(C)(C)CC2.Cc1cc2c(cc1Oc1ccc(C(=O)Cl)o1)C(C)(C)CC2. The number of phenols is 1. The quantitative estimate of drug-likeness (QED) is 0.134. The van der Waals surface area contributed by atoms with Crippen molar-refractivity contribution in [3.8, 4) is 29.1 Å². The predicted molar refractivity (Wildman–Crippen MR) is 218 cm³/mol. The summed E-state index contributed by atoms with van der Waals surface area (Å²) >= 11 is 5.38. The summed E-state index contributed by atoms with van der Waals surface area (Å²) in [6.45, 7) is 19.5. The second-order valence-electron chi connectivity index (χ2n) is 17.2. The lowest BCUT2D eigenvalue weighted by atomic mass is 9.86. The maximum absolute atomic E-state index is 11.4. The highest BCUT2D eigenvalue weighted by atomic mass is 35.5. The summed E-state index contributed by atoms with van der Waals surface area (Å²) in [5.74, 6) is 2.24. The Morgan fingerprint density at radius 2 is 1.00 bits per heavy atom. The third-order valence-electron chi connectivity index (χ3n) is 11.6. The molecule has 3 aromatic carbocycles. The van der Waals surface area contributed by atoms with Crippen LogP contribution in [0.3, 0.4) is 0 Å². The number of aryl methyl sites for hydroxylation is 6. The number of esters is 1. The average Bonchev–Trinajstić information content (AvgIpc) is 3.96. The number of hydrogen-bond donors (Lipinski definition) is 1. The van der Waals surface area contributed by atoms with Gasteiger partial charge in [0.25, 0.3) is 17.1 Å². The predicted octanol–water partition coefficient (Wildman–Crippen LogP) is 12.3. The topological polar surface area (TPSA) is 108 Å². The standard InChI is InChI=1S/C18H20O4.C17H17ClO3.C12H16O/c1-11-9-12-7-8-18(2,3)13(12)10-15(11)22-16-6-5-14(21-16)17(19)20-4;1-10-8-11-6-7-17(2,3)12(11)9-14(10)21-15-5-4-13(20-15)16(18)19;1-8-6-9-4-5-12(2,3)10(9)7-11(8)13/h5-6,9-10H,7-8H2,1-4H3;4-5,8-9H,6-7H2,1-3H3;6-7,13H,4-5H2,1-3H3. The summed E-state index contributed by atoms with van der Waals surface area (Å²) in [5.41, 5.74) is 11.9. The van der Waals surface area contributed by atoms with E-state index >= 15 is 0 Å². The molecule has 56 heavy (non-hydrogen) atoms. The maximum atomic E-state index is 11.4. The van der Waals surface area contributed by atoms with Crippen LogP contribution in [-0.2, 0) is 40.2 Å². The molecule has 3 aliphatic rings. The van der Waals surface area contributed by atoms with Crippen LogP contribution in [0, 0.1) is 20.8 Å². The largest absolute Gasteiger partial charge is 0.508 e. The molecule has 0 aliphatic heterocycles. The summed E-state index contributed by atoms with van der Waals surface area (Å²) < 4.78 is 26.9. The molecule has 296 valence electrons. The zero-order valence-electron chi connectivity index (χ0n) is 34.2. The molecule has 3 aliphatic carbocycles. The van der Waals surface area contributed by atoms with Gasteiger partial charge in [0.15, 0.2) is 5.76 Å². The highest BCUT2D eigenvalue weighted by Crippen LogP contribution is 2.44. The molecular formula is C47H53ClO8. The van der Waals surface area contributed by atoms with Crippen LogP contribution in [0.1, 0.15) is 132 Å². The number of hydrogen-bond acceptors (Lipinski definition) is 8. The Kier molecular flexibility index (Phi) is 11.3. The van der Waals surface area contributed by atoms with Crippen LogP contribution in [0.4, 0.5) is 0 Å². The minimum atomic E-state index is -0.628. The Morgan fingerprint density at radius 1 is 0.607 bits per heavy atom. The van der Waals surface area contributed by atoms with Crippen LogP contribution >= 0.6 is 11.6 Å². The van der Waals surface area contributed by atoms with Gasteiger partial charge in [-0.15, -0.1) is 0 Å². The number of ether oxygens (including phenoxy) is 3. The van der Waals surface area contributed by atoms with E-state index in [2.05, 4.69) is 76.6 Å². The average molecular weight is 781 g/mol. The molecule has 0 saturated heterocycles. The number of benzene rings is 3. The molecule has 5 aromatic rings. The van der Waals surface area contributed by atoms with E-state index in [1.165, 1.54) is 53.0 Å². The summed E-state index contributed by atoms with van der Waals surface area (Å²) in [6.07, 6.45) is 6.87. The van der Waals surface area contributed by atoms with Gasteiger partial charge >= 0.3 is 5.97 Å². The normalized spacial score (nSPS) is 16.3. The highest BCUT2D eigenvalue weighted by molar-refractivity contribution is 6.67. The van der Waals surface area contributed by atoms with Crippen molar-refractivity contribution in [3.63, 3.8) is 0 Å². The van der Waals surface area contributed by atoms with Crippen molar-refractivity contribution in [2.24, 2.45) is 0 Å². The van der Waals surface area contributed by atoms with Crippen molar-refractivity contribution in [2.75, 3.05) is 7.11 Å². The molecule has 1 N–H and O–H groups in total. The van der Waals surface area contributed by atoms with Crippen LogP contribution < -0.4 is 9.47 Å². The first-order valence-corrected chi connectivity index (χ1v) is 19.6. The molecule has 8 nitrogen and oxygen atoms in total. The minimum Gasteiger partial charge on any atom is -0.508 e. The summed E-state index contributed by atoms with van der Waals surface area (Å²) in [7, 11) is 1.32. The fourth-order valence-corrected chi connectivity index (χ4v) is 8.11. The minimum absolute atomic E-state index is 0.0887. The second kappa shape index (κ2) is 15.5. The molecular weight excluding hydrogens is 728 g/mol. The molecule has 0 fully saturated rings. The van der Waals surface area contributed by atoms with Gasteiger partial charge in [0.2, 0.25) is 5.76 Å². The van der Waals surface area contributed by atoms with E-state index in [0.717, 1.165) is 60.3 Å². The first kappa shape index (κ1) is 40.7. The zero-order chi connectivity index (χ0) is 40.7. The van der Waals surface area contributed by atoms with E-state index < -0.39 is 11.2 Å². The zero-order valence-corrected chi connectivity index (χ0v) is 35.0. The molecule has 8 rings (SSSR count). The summed E-state index contributed by atoms with van der Waals surface area (Å²) in [4.78, 5) is 22.4. The number of rotatable bonds is 6. The highest BCUT2D eigenvalue weighted by Gasteiger charge is 2.33. The number of carbonyl (C=O) groups excluding carboxylic acids is 2. The molecule has 9 heteroatoms.